The maximum absolute atomic E-state index is 10.7. The number of aliphatic imine (C=N–C) groups is 1. The molecule has 0 aromatic carbocycles. The molecule has 0 rings (SSSR count). The molecule has 0 heterocycles. The molecule has 11 heavy (non-hydrogen) atoms. The Hall–Kier alpha value is -0.840. The summed E-state index contributed by atoms with van der Waals surface area (Å²) in [5, 5.41) is 0. The molecule has 0 bridgehead atoms. The molecule has 0 saturated carbocycles. The second kappa shape index (κ2) is 4.90. The maximum Gasteiger partial charge on any atom is 0.354 e. The maximum atomic E-state index is 10.7. The monoisotopic (exact) mass is 220 g/mol. The minimum atomic E-state index is -0.564. The highest BCUT2D eigenvalue weighted by atomic mass is 79.9. The molecule has 0 atom stereocenters. The van der Waals surface area contributed by atoms with Gasteiger partial charge in [0, 0.05) is 13.1 Å². The minimum Gasteiger partial charge on any atom is -0.464 e. The van der Waals surface area contributed by atoms with Crippen LogP contribution < -0.4 is 5.73 Å². The van der Waals surface area contributed by atoms with Crippen LogP contribution in [0, 0.1) is 0 Å². The van der Waals surface area contributed by atoms with E-state index in [0.29, 0.717) is 4.62 Å². The van der Waals surface area contributed by atoms with Crippen LogP contribution >= 0.6 is 15.9 Å². The van der Waals surface area contributed by atoms with Crippen molar-refractivity contribution in [2.24, 2.45) is 10.7 Å². The molecule has 0 saturated heterocycles. The van der Waals surface area contributed by atoms with Crippen molar-refractivity contribution < 1.29 is 9.53 Å². The fourth-order valence-electron chi connectivity index (χ4n) is 0.370. The predicted octanol–water partition coefficient (Wildman–Crippen LogP) is 0.425. The van der Waals surface area contributed by atoms with Gasteiger partial charge in [0.25, 0.3) is 0 Å². The summed E-state index contributed by atoms with van der Waals surface area (Å²) in [4.78, 5) is 14.4. The van der Waals surface area contributed by atoms with Gasteiger partial charge in [-0.1, -0.05) is 0 Å². The Morgan fingerprint density at radius 3 is 2.64 bits per heavy atom. The van der Waals surface area contributed by atoms with E-state index in [1.807, 2.05) is 0 Å². The van der Waals surface area contributed by atoms with Crippen LogP contribution in [0.4, 0.5) is 0 Å². The Labute approximate surface area is 73.3 Å². The zero-order valence-corrected chi connectivity index (χ0v) is 7.88. The molecule has 0 amide bonds. The highest BCUT2D eigenvalue weighted by Gasteiger charge is 2.03. The standard InChI is InChI=1S/C6H9BrN2O2/c1-9-5(7)3-4(8)6(10)11-2/h3H,8H2,1-2H3. The minimum absolute atomic E-state index is 0.0185. The summed E-state index contributed by atoms with van der Waals surface area (Å²) in [6.07, 6.45) is 1.38. The molecular weight excluding hydrogens is 212 g/mol. The first-order chi connectivity index (χ1) is 5.11. The van der Waals surface area contributed by atoms with Crippen LogP contribution in [-0.4, -0.2) is 24.7 Å². The van der Waals surface area contributed by atoms with Gasteiger partial charge in [-0.25, -0.2) is 4.79 Å². The molecule has 5 heteroatoms. The summed E-state index contributed by atoms with van der Waals surface area (Å²) < 4.78 is 4.85. The third-order valence-corrected chi connectivity index (χ3v) is 1.49. The van der Waals surface area contributed by atoms with E-state index in [9.17, 15) is 4.79 Å². The van der Waals surface area contributed by atoms with Gasteiger partial charge in [-0.3, -0.25) is 4.99 Å². The van der Waals surface area contributed by atoms with E-state index >= 15 is 0 Å². The number of ether oxygens (including phenoxy) is 1. The van der Waals surface area contributed by atoms with Crippen molar-refractivity contribution in [1.29, 1.82) is 0 Å². The molecule has 0 aliphatic carbocycles. The lowest BCUT2D eigenvalue weighted by Gasteiger charge is -1.96. The number of rotatable bonds is 2. The molecular formula is C6H9BrN2O2. The highest BCUT2D eigenvalue weighted by molar-refractivity contribution is 9.18. The van der Waals surface area contributed by atoms with Gasteiger partial charge in [0.1, 0.15) is 10.3 Å². The first-order valence-electron chi connectivity index (χ1n) is 2.79. The number of nitrogens with zero attached hydrogens (tertiary/aromatic N) is 1. The molecule has 0 spiro atoms. The lowest BCUT2D eigenvalue weighted by Crippen LogP contribution is -2.13. The SMILES string of the molecule is CN=C(Br)C=C(N)C(=O)OC. The van der Waals surface area contributed by atoms with Crippen LogP contribution in [0.25, 0.3) is 0 Å². The Kier molecular flexibility index (Phi) is 4.52. The summed E-state index contributed by atoms with van der Waals surface area (Å²) in [5.74, 6) is -0.564. The van der Waals surface area contributed by atoms with Gasteiger partial charge in [0.2, 0.25) is 0 Å². The van der Waals surface area contributed by atoms with E-state index in [4.69, 9.17) is 5.73 Å². The Morgan fingerprint density at radius 2 is 2.27 bits per heavy atom. The number of carbonyl (C=O) groups excluding carboxylic acids is 1. The van der Waals surface area contributed by atoms with Crippen LogP contribution in [0.15, 0.2) is 16.8 Å². The van der Waals surface area contributed by atoms with Crippen molar-refractivity contribution >= 4 is 26.5 Å². The van der Waals surface area contributed by atoms with Crippen LogP contribution in [0.3, 0.4) is 0 Å². The first-order valence-corrected chi connectivity index (χ1v) is 3.59. The molecule has 0 radical (unpaired) electrons. The van der Waals surface area contributed by atoms with E-state index < -0.39 is 5.97 Å². The lowest BCUT2D eigenvalue weighted by molar-refractivity contribution is -0.136. The van der Waals surface area contributed by atoms with Gasteiger partial charge in [0.15, 0.2) is 0 Å². The van der Waals surface area contributed by atoms with E-state index in [1.54, 1.807) is 7.05 Å². The van der Waals surface area contributed by atoms with Gasteiger partial charge >= 0.3 is 5.97 Å². The predicted molar refractivity (Wildman–Crippen MR) is 46.6 cm³/mol. The number of methoxy groups -OCH3 is 1. The zero-order chi connectivity index (χ0) is 8.85. The topological polar surface area (TPSA) is 64.7 Å². The van der Waals surface area contributed by atoms with Crippen molar-refractivity contribution in [2.75, 3.05) is 14.2 Å². The average molecular weight is 221 g/mol. The normalized spacial score (nSPS) is 13.0. The summed E-state index contributed by atoms with van der Waals surface area (Å²) in [7, 11) is 2.84. The van der Waals surface area contributed by atoms with Crippen LogP contribution in [0.1, 0.15) is 0 Å². The molecule has 62 valence electrons. The number of carbonyl (C=O) groups is 1. The van der Waals surface area contributed by atoms with Gasteiger partial charge in [-0.2, -0.15) is 0 Å². The van der Waals surface area contributed by atoms with E-state index in [1.165, 1.54) is 13.2 Å². The third kappa shape index (κ3) is 3.77. The van der Waals surface area contributed by atoms with Gasteiger partial charge in [-0.05, 0) is 15.9 Å². The zero-order valence-electron chi connectivity index (χ0n) is 6.30. The number of allylic oxidation sites excluding steroid dienone is 1. The molecule has 2 N–H and O–H groups in total. The average Bonchev–Trinajstić information content (AvgIpc) is 2.02. The van der Waals surface area contributed by atoms with E-state index in [2.05, 4.69) is 25.7 Å². The summed E-state index contributed by atoms with van der Waals surface area (Å²) in [6.45, 7) is 0. The molecule has 0 fully saturated rings. The number of esters is 1. The smallest absolute Gasteiger partial charge is 0.354 e. The highest BCUT2D eigenvalue weighted by Crippen LogP contribution is 1.95. The fourth-order valence-corrected chi connectivity index (χ4v) is 0.616. The van der Waals surface area contributed by atoms with Gasteiger partial charge in [0.05, 0.1) is 7.11 Å². The number of nitrogens with two attached hydrogens (primary N) is 1. The number of hydrogen-bond donors (Lipinski definition) is 1. The van der Waals surface area contributed by atoms with Crippen molar-refractivity contribution in [3.05, 3.63) is 11.8 Å². The van der Waals surface area contributed by atoms with Crippen molar-refractivity contribution in [3.63, 3.8) is 0 Å². The molecule has 0 aromatic heterocycles. The molecule has 0 aliphatic rings. The van der Waals surface area contributed by atoms with Crippen LogP contribution in [0.5, 0.6) is 0 Å². The third-order valence-electron chi connectivity index (χ3n) is 0.909. The summed E-state index contributed by atoms with van der Waals surface area (Å²) >= 11 is 3.06. The van der Waals surface area contributed by atoms with Crippen LogP contribution in [-0.2, 0) is 9.53 Å². The van der Waals surface area contributed by atoms with Crippen LogP contribution in [0.2, 0.25) is 0 Å². The lowest BCUT2D eigenvalue weighted by atomic mass is 10.4. The van der Waals surface area contributed by atoms with Crippen molar-refractivity contribution in [3.8, 4) is 0 Å². The summed E-state index contributed by atoms with van der Waals surface area (Å²) in [6, 6.07) is 0. The molecule has 0 aromatic rings. The second-order valence-corrected chi connectivity index (χ2v) is 2.45. The Bertz CT molecular complexity index is 211. The van der Waals surface area contributed by atoms with E-state index in [-0.39, 0.29) is 5.70 Å². The molecule has 4 nitrogen and oxygen atoms in total. The second-order valence-electron chi connectivity index (χ2n) is 1.64. The first kappa shape index (κ1) is 10.2. The molecule has 0 aliphatic heterocycles. The number of hydrogen-bond acceptors (Lipinski definition) is 4. The molecule has 0 unspecified atom stereocenters. The Balaban J connectivity index is 4.34. The van der Waals surface area contributed by atoms with Crippen molar-refractivity contribution in [1.82, 2.24) is 0 Å². The van der Waals surface area contributed by atoms with Gasteiger partial charge in [-0.15, -0.1) is 0 Å². The van der Waals surface area contributed by atoms with Gasteiger partial charge < -0.3 is 10.5 Å². The van der Waals surface area contributed by atoms with E-state index in [0.717, 1.165) is 0 Å². The van der Waals surface area contributed by atoms with Crippen molar-refractivity contribution in [2.45, 2.75) is 0 Å². The quantitative estimate of drug-likeness (QED) is 0.417. The number of halogens is 1. The largest absolute Gasteiger partial charge is 0.464 e. The fraction of sp³-hybridized carbons (Fsp3) is 0.333. The summed E-state index contributed by atoms with van der Waals surface area (Å²) in [5.41, 5.74) is 5.30. The Morgan fingerprint density at radius 1 is 1.73 bits per heavy atom.